The van der Waals surface area contributed by atoms with Crippen molar-refractivity contribution in [1.29, 1.82) is 0 Å². The highest BCUT2D eigenvalue weighted by Crippen LogP contribution is 2.13. The lowest BCUT2D eigenvalue weighted by molar-refractivity contribution is 0.0182. The van der Waals surface area contributed by atoms with Gasteiger partial charge in [-0.25, -0.2) is 0 Å². The van der Waals surface area contributed by atoms with E-state index in [4.69, 9.17) is 9.47 Å². The number of anilines is 1. The summed E-state index contributed by atoms with van der Waals surface area (Å²) in [5, 5.41) is 12.9. The number of hydrogen-bond acceptors (Lipinski definition) is 4. The van der Waals surface area contributed by atoms with Gasteiger partial charge in [-0.3, -0.25) is 0 Å². The van der Waals surface area contributed by atoms with Crippen LogP contribution in [0.3, 0.4) is 0 Å². The maximum Gasteiger partial charge on any atom is 0.0945 e. The van der Waals surface area contributed by atoms with Crippen molar-refractivity contribution in [3.05, 3.63) is 29.3 Å². The summed E-state index contributed by atoms with van der Waals surface area (Å²) in [5.41, 5.74) is 3.45. The maximum atomic E-state index is 9.72. The number of rotatable bonds is 8. The molecule has 0 saturated carbocycles. The van der Waals surface area contributed by atoms with Crippen molar-refractivity contribution < 1.29 is 14.6 Å². The molecule has 1 aromatic rings. The molecule has 4 heteroatoms. The highest BCUT2D eigenvalue weighted by Gasteiger charge is 2.04. The monoisotopic (exact) mass is 253 g/mol. The fraction of sp³-hybridized carbons (Fsp3) is 0.571. The van der Waals surface area contributed by atoms with E-state index in [2.05, 4.69) is 37.4 Å². The standard InChI is InChI=1S/C14H23NO3/c1-11-6-12(2)8-13(7-11)15-9-14(16)10-18-5-4-17-3/h6-8,14-16H,4-5,9-10H2,1-3H3. The van der Waals surface area contributed by atoms with Crippen LogP contribution in [-0.2, 0) is 9.47 Å². The van der Waals surface area contributed by atoms with Gasteiger partial charge in [-0.15, -0.1) is 0 Å². The minimum absolute atomic E-state index is 0.321. The van der Waals surface area contributed by atoms with E-state index in [1.54, 1.807) is 7.11 Å². The molecule has 0 aliphatic rings. The molecule has 1 atom stereocenters. The fourth-order valence-corrected chi connectivity index (χ4v) is 1.73. The quantitative estimate of drug-likeness (QED) is 0.693. The predicted octanol–water partition coefficient (Wildman–Crippen LogP) is 1.74. The lowest BCUT2D eigenvalue weighted by atomic mass is 10.1. The van der Waals surface area contributed by atoms with E-state index in [-0.39, 0.29) is 0 Å². The van der Waals surface area contributed by atoms with Crippen LogP contribution < -0.4 is 5.32 Å². The lowest BCUT2D eigenvalue weighted by Crippen LogP contribution is -2.25. The second-order valence-electron chi connectivity index (χ2n) is 4.48. The van der Waals surface area contributed by atoms with Crippen LogP contribution in [-0.4, -0.2) is 44.7 Å². The molecule has 0 amide bonds. The topological polar surface area (TPSA) is 50.7 Å². The number of benzene rings is 1. The number of methoxy groups -OCH3 is 1. The first kappa shape index (κ1) is 15.0. The van der Waals surface area contributed by atoms with E-state index in [1.807, 2.05) is 0 Å². The third kappa shape index (κ3) is 6.00. The first-order chi connectivity index (χ1) is 8.61. The number of aryl methyl sites for hydroxylation is 2. The Labute approximate surface area is 109 Å². The lowest BCUT2D eigenvalue weighted by Gasteiger charge is -2.14. The average Bonchev–Trinajstić information content (AvgIpc) is 2.31. The minimum Gasteiger partial charge on any atom is -0.389 e. The maximum absolute atomic E-state index is 9.72. The van der Waals surface area contributed by atoms with Crippen molar-refractivity contribution in [2.45, 2.75) is 20.0 Å². The van der Waals surface area contributed by atoms with Crippen molar-refractivity contribution in [3.8, 4) is 0 Å². The van der Waals surface area contributed by atoms with Gasteiger partial charge in [0.15, 0.2) is 0 Å². The van der Waals surface area contributed by atoms with E-state index < -0.39 is 6.10 Å². The molecule has 102 valence electrons. The Morgan fingerprint density at radius 3 is 2.44 bits per heavy atom. The van der Waals surface area contributed by atoms with Crippen LogP contribution in [0, 0.1) is 13.8 Å². The van der Waals surface area contributed by atoms with Crippen LogP contribution in [0.4, 0.5) is 5.69 Å². The van der Waals surface area contributed by atoms with Gasteiger partial charge in [0.1, 0.15) is 0 Å². The number of aliphatic hydroxyl groups is 1. The summed E-state index contributed by atoms with van der Waals surface area (Å²) in [6.07, 6.45) is -0.511. The summed E-state index contributed by atoms with van der Waals surface area (Å²) in [7, 11) is 1.63. The molecule has 18 heavy (non-hydrogen) atoms. The number of ether oxygens (including phenoxy) is 2. The van der Waals surface area contributed by atoms with E-state index >= 15 is 0 Å². The Morgan fingerprint density at radius 1 is 1.17 bits per heavy atom. The number of nitrogens with one attached hydrogen (secondary N) is 1. The fourth-order valence-electron chi connectivity index (χ4n) is 1.73. The van der Waals surface area contributed by atoms with Gasteiger partial charge in [-0.1, -0.05) is 6.07 Å². The molecule has 4 nitrogen and oxygen atoms in total. The van der Waals surface area contributed by atoms with Crippen molar-refractivity contribution in [1.82, 2.24) is 0 Å². The van der Waals surface area contributed by atoms with Crippen LogP contribution in [0.25, 0.3) is 0 Å². The Kier molecular flexibility index (Phi) is 6.72. The summed E-state index contributed by atoms with van der Waals surface area (Å²) in [6.45, 7) is 5.98. The van der Waals surface area contributed by atoms with Crippen molar-refractivity contribution >= 4 is 5.69 Å². The van der Waals surface area contributed by atoms with Crippen LogP contribution in [0.1, 0.15) is 11.1 Å². The van der Waals surface area contributed by atoms with Gasteiger partial charge in [0.25, 0.3) is 0 Å². The summed E-state index contributed by atoms with van der Waals surface area (Å²) in [4.78, 5) is 0. The molecule has 0 aliphatic carbocycles. The van der Waals surface area contributed by atoms with Crippen molar-refractivity contribution in [3.63, 3.8) is 0 Å². The van der Waals surface area contributed by atoms with E-state index in [0.29, 0.717) is 26.4 Å². The molecule has 0 spiro atoms. The van der Waals surface area contributed by atoms with Gasteiger partial charge in [-0.2, -0.15) is 0 Å². The minimum atomic E-state index is -0.511. The van der Waals surface area contributed by atoms with Gasteiger partial charge in [0, 0.05) is 19.3 Å². The largest absolute Gasteiger partial charge is 0.389 e. The Bertz CT molecular complexity index is 335. The molecule has 0 bridgehead atoms. The highest BCUT2D eigenvalue weighted by molar-refractivity contribution is 5.48. The van der Waals surface area contributed by atoms with E-state index in [1.165, 1.54) is 11.1 Å². The second kappa shape index (κ2) is 8.08. The second-order valence-corrected chi connectivity index (χ2v) is 4.48. The third-order valence-electron chi connectivity index (χ3n) is 2.51. The van der Waals surface area contributed by atoms with Crippen LogP contribution in [0.15, 0.2) is 18.2 Å². The summed E-state index contributed by atoms with van der Waals surface area (Å²) in [5.74, 6) is 0. The predicted molar refractivity (Wildman–Crippen MR) is 73.1 cm³/mol. The molecule has 0 heterocycles. The van der Waals surface area contributed by atoms with Crippen LogP contribution in [0.2, 0.25) is 0 Å². The van der Waals surface area contributed by atoms with Crippen LogP contribution >= 0.6 is 0 Å². The molecule has 2 N–H and O–H groups in total. The zero-order valence-corrected chi connectivity index (χ0v) is 11.4. The smallest absolute Gasteiger partial charge is 0.0945 e. The normalized spacial score (nSPS) is 12.4. The first-order valence-corrected chi connectivity index (χ1v) is 6.18. The van der Waals surface area contributed by atoms with Crippen molar-refractivity contribution in [2.24, 2.45) is 0 Å². The summed E-state index contributed by atoms with van der Waals surface area (Å²) >= 11 is 0. The molecule has 0 saturated heterocycles. The summed E-state index contributed by atoms with van der Waals surface area (Å²) in [6, 6.07) is 6.24. The molecule has 0 fully saturated rings. The van der Waals surface area contributed by atoms with Gasteiger partial charge in [-0.05, 0) is 37.1 Å². The Hall–Kier alpha value is -1.10. The highest BCUT2D eigenvalue weighted by atomic mass is 16.5. The van der Waals surface area contributed by atoms with Crippen molar-refractivity contribution in [2.75, 3.05) is 38.8 Å². The van der Waals surface area contributed by atoms with Gasteiger partial charge < -0.3 is 19.9 Å². The first-order valence-electron chi connectivity index (χ1n) is 6.18. The molecule has 1 unspecified atom stereocenters. The zero-order chi connectivity index (χ0) is 13.4. The summed E-state index contributed by atoms with van der Waals surface area (Å²) < 4.78 is 10.1. The van der Waals surface area contributed by atoms with E-state index in [9.17, 15) is 5.11 Å². The molecule has 0 aromatic heterocycles. The molecule has 0 radical (unpaired) electrons. The molecule has 1 aromatic carbocycles. The third-order valence-corrected chi connectivity index (χ3v) is 2.51. The molecule has 0 aliphatic heterocycles. The molecular weight excluding hydrogens is 230 g/mol. The molecule has 1 rings (SSSR count). The van der Waals surface area contributed by atoms with Crippen LogP contribution in [0.5, 0.6) is 0 Å². The number of hydrogen-bond donors (Lipinski definition) is 2. The van der Waals surface area contributed by atoms with E-state index in [0.717, 1.165) is 5.69 Å². The van der Waals surface area contributed by atoms with Gasteiger partial charge in [0.05, 0.1) is 25.9 Å². The Morgan fingerprint density at radius 2 is 1.83 bits per heavy atom. The SMILES string of the molecule is COCCOCC(O)CNc1cc(C)cc(C)c1. The number of aliphatic hydroxyl groups excluding tert-OH is 1. The zero-order valence-electron chi connectivity index (χ0n) is 11.4. The average molecular weight is 253 g/mol. The van der Waals surface area contributed by atoms with Gasteiger partial charge >= 0.3 is 0 Å². The molecular formula is C14H23NO3. The Balaban J connectivity index is 2.26. The van der Waals surface area contributed by atoms with Gasteiger partial charge in [0.2, 0.25) is 0 Å².